The van der Waals surface area contributed by atoms with E-state index in [1.54, 1.807) is 11.1 Å². The minimum atomic E-state index is 0.598. The van der Waals surface area contributed by atoms with E-state index in [1.807, 2.05) is 0 Å². The van der Waals surface area contributed by atoms with Crippen molar-refractivity contribution in [2.45, 2.75) is 66.2 Å². The lowest BCUT2D eigenvalue weighted by Crippen LogP contribution is -2.45. The number of allylic oxidation sites excluding steroid dienone is 4. The highest BCUT2D eigenvalue weighted by Crippen LogP contribution is 2.58. The third-order valence-corrected chi connectivity index (χ3v) is 6.53. The topological polar surface area (TPSA) is 0 Å². The molecule has 0 aromatic rings. The van der Waals surface area contributed by atoms with Crippen molar-refractivity contribution in [1.82, 2.24) is 0 Å². The first-order valence-corrected chi connectivity index (χ1v) is 8.43. The van der Waals surface area contributed by atoms with E-state index in [0.717, 1.165) is 23.7 Å². The fourth-order valence-electron chi connectivity index (χ4n) is 5.27. The molecular weight excluding hydrogens is 228 g/mol. The third-order valence-electron chi connectivity index (χ3n) is 6.53. The van der Waals surface area contributed by atoms with Crippen LogP contribution < -0.4 is 0 Å². The summed E-state index contributed by atoms with van der Waals surface area (Å²) in [5.74, 6) is 3.48. The zero-order valence-electron chi connectivity index (χ0n) is 13.2. The molecular formula is C19H30. The maximum Gasteiger partial charge on any atom is -0.0105 e. The Morgan fingerprint density at radius 1 is 1.26 bits per heavy atom. The normalized spacial score (nSPS) is 42.3. The lowest BCUT2D eigenvalue weighted by atomic mass is 9.51. The number of hydrogen-bond donors (Lipinski definition) is 0. The highest BCUT2D eigenvalue weighted by atomic mass is 14.5. The van der Waals surface area contributed by atoms with Gasteiger partial charge in [0.05, 0.1) is 0 Å². The van der Waals surface area contributed by atoms with Gasteiger partial charge >= 0.3 is 0 Å². The molecule has 0 saturated heterocycles. The van der Waals surface area contributed by atoms with Gasteiger partial charge in [-0.2, -0.15) is 0 Å². The Hall–Kier alpha value is -0.520. The van der Waals surface area contributed by atoms with Crippen LogP contribution in [-0.4, -0.2) is 0 Å². The van der Waals surface area contributed by atoms with Crippen molar-refractivity contribution in [2.24, 2.45) is 29.1 Å². The van der Waals surface area contributed by atoms with Gasteiger partial charge in [0.15, 0.2) is 0 Å². The summed E-state index contributed by atoms with van der Waals surface area (Å²) in [4.78, 5) is 0. The van der Waals surface area contributed by atoms with Crippen molar-refractivity contribution < 1.29 is 0 Å². The molecule has 3 aliphatic carbocycles. The molecule has 0 heteroatoms. The third kappa shape index (κ3) is 2.12. The Balaban J connectivity index is 1.94. The van der Waals surface area contributed by atoms with Gasteiger partial charge in [-0.15, -0.1) is 0 Å². The Morgan fingerprint density at radius 2 is 2.05 bits per heavy atom. The molecule has 1 saturated carbocycles. The minimum Gasteiger partial charge on any atom is -0.0807 e. The van der Waals surface area contributed by atoms with Gasteiger partial charge in [-0.1, -0.05) is 58.3 Å². The smallest absolute Gasteiger partial charge is 0.0105 e. The van der Waals surface area contributed by atoms with Crippen LogP contribution in [0.2, 0.25) is 0 Å². The molecule has 0 aromatic heterocycles. The van der Waals surface area contributed by atoms with Gasteiger partial charge in [-0.25, -0.2) is 0 Å². The average Bonchev–Trinajstić information content (AvgIpc) is 2.38. The van der Waals surface area contributed by atoms with Crippen LogP contribution in [-0.2, 0) is 0 Å². The monoisotopic (exact) mass is 258 g/mol. The molecule has 3 rings (SSSR count). The predicted molar refractivity (Wildman–Crippen MR) is 83.0 cm³/mol. The van der Waals surface area contributed by atoms with Crippen LogP contribution in [0.25, 0.3) is 0 Å². The molecule has 0 bridgehead atoms. The van der Waals surface area contributed by atoms with Gasteiger partial charge < -0.3 is 0 Å². The van der Waals surface area contributed by atoms with Crippen LogP contribution in [0.5, 0.6) is 0 Å². The van der Waals surface area contributed by atoms with Crippen molar-refractivity contribution in [3.8, 4) is 0 Å². The van der Waals surface area contributed by atoms with Gasteiger partial charge in [0.1, 0.15) is 0 Å². The van der Waals surface area contributed by atoms with Crippen molar-refractivity contribution in [3.05, 3.63) is 23.3 Å². The standard InChI is InChI=1S/C19H30/c1-13(2)15-7-10-18-16(12-15)8-9-17-14(3)6-5-11-19(17,18)4/h8,12-14,17-18H,5-7,9-11H2,1-4H3/t14-,17?,18?,19+/m1/s1. The summed E-state index contributed by atoms with van der Waals surface area (Å²) in [6.45, 7) is 9.81. The van der Waals surface area contributed by atoms with Crippen LogP contribution in [0.4, 0.5) is 0 Å². The molecule has 0 aliphatic heterocycles. The second-order valence-corrected chi connectivity index (χ2v) is 7.89. The van der Waals surface area contributed by atoms with Crippen molar-refractivity contribution in [3.63, 3.8) is 0 Å². The first-order valence-electron chi connectivity index (χ1n) is 8.43. The van der Waals surface area contributed by atoms with Crippen molar-refractivity contribution in [2.75, 3.05) is 0 Å². The minimum absolute atomic E-state index is 0.598. The second kappa shape index (κ2) is 4.79. The van der Waals surface area contributed by atoms with E-state index >= 15 is 0 Å². The summed E-state index contributed by atoms with van der Waals surface area (Å²) in [5.41, 5.74) is 3.98. The molecule has 4 atom stereocenters. The molecule has 0 amide bonds. The van der Waals surface area contributed by atoms with Gasteiger partial charge in [0.25, 0.3) is 0 Å². The maximum atomic E-state index is 2.61. The molecule has 1 fully saturated rings. The molecule has 0 radical (unpaired) electrons. The molecule has 0 spiro atoms. The molecule has 0 N–H and O–H groups in total. The van der Waals surface area contributed by atoms with Crippen molar-refractivity contribution in [1.29, 1.82) is 0 Å². The van der Waals surface area contributed by atoms with E-state index in [0.29, 0.717) is 5.41 Å². The summed E-state index contributed by atoms with van der Waals surface area (Å²) in [5, 5.41) is 0. The Morgan fingerprint density at radius 3 is 2.79 bits per heavy atom. The highest BCUT2D eigenvalue weighted by molar-refractivity contribution is 5.34. The van der Waals surface area contributed by atoms with E-state index in [1.165, 1.54) is 38.5 Å². The van der Waals surface area contributed by atoms with E-state index < -0.39 is 0 Å². The van der Waals surface area contributed by atoms with Crippen LogP contribution in [0.15, 0.2) is 23.3 Å². The van der Waals surface area contributed by atoms with E-state index in [4.69, 9.17) is 0 Å². The van der Waals surface area contributed by atoms with Gasteiger partial charge in [-0.05, 0) is 60.3 Å². The molecule has 19 heavy (non-hydrogen) atoms. The summed E-state index contributed by atoms with van der Waals surface area (Å²) < 4.78 is 0. The zero-order chi connectivity index (χ0) is 13.6. The summed E-state index contributed by atoms with van der Waals surface area (Å²) in [7, 11) is 0. The molecule has 0 nitrogen and oxygen atoms in total. The summed E-state index contributed by atoms with van der Waals surface area (Å²) in [6, 6.07) is 0. The molecule has 0 heterocycles. The first kappa shape index (κ1) is 13.5. The van der Waals surface area contributed by atoms with Crippen LogP contribution >= 0.6 is 0 Å². The lowest BCUT2D eigenvalue weighted by molar-refractivity contribution is 0.0109. The van der Waals surface area contributed by atoms with E-state index in [9.17, 15) is 0 Å². The SMILES string of the molecule is CC(C)C1=CC2=CCC3[C@H](C)CCC[C@]3(C)C2CC1. The van der Waals surface area contributed by atoms with Crippen LogP contribution in [0.1, 0.15) is 66.2 Å². The number of rotatable bonds is 1. The molecule has 106 valence electrons. The Labute approximate surface area is 119 Å². The first-order chi connectivity index (χ1) is 9.02. The fraction of sp³-hybridized carbons (Fsp3) is 0.789. The highest BCUT2D eigenvalue weighted by Gasteiger charge is 2.48. The van der Waals surface area contributed by atoms with E-state index in [-0.39, 0.29) is 0 Å². The number of fused-ring (bicyclic) bond motifs is 3. The quantitative estimate of drug-likeness (QED) is 0.561. The summed E-state index contributed by atoms with van der Waals surface area (Å²) >= 11 is 0. The molecule has 0 aromatic carbocycles. The average molecular weight is 258 g/mol. The summed E-state index contributed by atoms with van der Waals surface area (Å²) in [6.07, 6.45) is 13.6. The van der Waals surface area contributed by atoms with Crippen LogP contribution in [0.3, 0.4) is 0 Å². The molecule has 2 unspecified atom stereocenters. The van der Waals surface area contributed by atoms with Crippen LogP contribution in [0, 0.1) is 29.1 Å². The Kier molecular flexibility index (Phi) is 3.39. The van der Waals surface area contributed by atoms with Gasteiger partial charge in [-0.3, -0.25) is 0 Å². The Bertz CT molecular complexity index is 412. The predicted octanol–water partition coefficient (Wildman–Crippen LogP) is 5.75. The van der Waals surface area contributed by atoms with Gasteiger partial charge in [0.2, 0.25) is 0 Å². The second-order valence-electron chi connectivity index (χ2n) is 7.89. The lowest BCUT2D eigenvalue weighted by Gasteiger charge is -2.54. The zero-order valence-corrected chi connectivity index (χ0v) is 13.2. The van der Waals surface area contributed by atoms with E-state index in [2.05, 4.69) is 39.8 Å². The van der Waals surface area contributed by atoms with Gasteiger partial charge in [0, 0.05) is 0 Å². The largest absolute Gasteiger partial charge is 0.0807 e. The number of hydrogen-bond acceptors (Lipinski definition) is 0. The van der Waals surface area contributed by atoms with Crippen molar-refractivity contribution >= 4 is 0 Å². The molecule has 3 aliphatic rings. The fourth-order valence-corrected chi connectivity index (χ4v) is 5.27. The maximum absolute atomic E-state index is 2.61.